The molecule has 0 amide bonds. The quantitative estimate of drug-likeness (QED) is 0.244. The van der Waals surface area contributed by atoms with Gasteiger partial charge in [-0.25, -0.2) is 0 Å². The van der Waals surface area contributed by atoms with Crippen molar-refractivity contribution in [2.45, 2.75) is 77.4 Å². The molecule has 248 valence electrons. The number of hydrogen-bond donors (Lipinski definition) is 1. The summed E-state index contributed by atoms with van der Waals surface area (Å²) >= 11 is 0. The summed E-state index contributed by atoms with van der Waals surface area (Å²) in [7, 11) is 0. The van der Waals surface area contributed by atoms with Crippen molar-refractivity contribution in [3.05, 3.63) is 0 Å². The average Bonchev–Trinajstić information content (AvgIpc) is 2.69. The molecule has 0 saturated heterocycles. The molecule has 0 aromatic carbocycles. The number of halogens is 27. The maximum atomic E-state index is 14.2. The van der Waals surface area contributed by atoms with Crippen LogP contribution in [0.4, 0.5) is 119 Å². The third kappa shape index (κ3) is 4.40. The van der Waals surface area contributed by atoms with Crippen LogP contribution in [0.5, 0.6) is 0 Å². The molecule has 2 N–H and O–H groups in total. The van der Waals surface area contributed by atoms with Gasteiger partial charge in [-0.3, -0.25) is 0 Å². The minimum absolute atomic E-state index is 2.82. The largest absolute Gasteiger partial charge is 0.460 e. The van der Waals surface area contributed by atoms with Gasteiger partial charge >= 0.3 is 71.8 Å². The highest BCUT2D eigenvalue weighted by Gasteiger charge is 3.02. The van der Waals surface area contributed by atoms with Gasteiger partial charge in [0.25, 0.3) is 0 Å². The van der Waals surface area contributed by atoms with Crippen molar-refractivity contribution in [3.63, 3.8) is 0 Å². The van der Waals surface area contributed by atoms with Crippen LogP contribution in [0.2, 0.25) is 0 Å². The van der Waals surface area contributed by atoms with E-state index < -0.39 is 77.4 Å². The van der Waals surface area contributed by atoms with Crippen molar-refractivity contribution in [1.82, 2.24) is 0 Å². The molecule has 0 bridgehead atoms. The first-order valence-corrected chi connectivity index (χ1v) is 8.39. The Hall–Kier alpha value is -1.93. The summed E-state index contributed by atoms with van der Waals surface area (Å²) in [6, 6.07) is 0. The minimum Gasteiger partial charge on any atom is -0.309 e. The Morgan fingerprint density at radius 1 is 0.195 bits per heavy atom. The summed E-state index contributed by atoms with van der Waals surface area (Å²) in [5, 5.41) is 0. The van der Waals surface area contributed by atoms with Crippen molar-refractivity contribution in [2.24, 2.45) is 5.73 Å². The summed E-state index contributed by atoms with van der Waals surface area (Å²) in [4.78, 5) is 0. The van der Waals surface area contributed by atoms with Crippen molar-refractivity contribution >= 4 is 0 Å². The predicted molar refractivity (Wildman–Crippen MR) is 69.6 cm³/mol. The van der Waals surface area contributed by atoms with Crippen molar-refractivity contribution in [2.75, 3.05) is 0 Å². The van der Waals surface area contributed by atoms with E-state index in [0.717, 1.165) is 0 Å². The monoisotopic (exact) mass is 685 g/mol. The fourth-order valence-corrected chi connectivity index (χ4v) is 2.46. The lowest BCUT2D eigenvalue weighted by Crippen LogP contribution is -2.89. The second-order valence-electron chi connectivity index (χ2n) is 7.47. The van der Waals surface area contributed by atoms with Gasteiger partial charge in [-0.2, -0.15) is 119 Å². The summed E-state index contributed by atoms with van der Waals surface area (Å²) in [6.45, 7) is 0. The molecule has 0 unspecified atom stereocenters. The van der Waals surface area contributed by atoms with E-state index in [2.05, 4.69) is 5.73 Å². The number of hydrogen-bond acceptors (Lipinski definition) is 1. The zero-order valence-electron chi connectivity index (χ0n) is 17.3. The van der Waals surface area contributed by atoms with Gasteiger partial charge in [0.05, 0.1) is 0 Å². The second-order valence-corrected chi connectivity index (χ2v) is 7.47. The predicted octanol–water partition coefficient (Wildman–Crippen LogP) is 8.09. The van der Waals surface area contributed by atoms with E-state index in [9.17, 15) is 119 Å². The van der Waals surface area contributed by atoms with Gasteiger partial charge in [-0.05, 0) is 0 Å². The van der Waals surface area contributed by atoms with Crippen LogP contribution in [0.25, 0.3) is 0 Å². The van der Waals surface area contributed by atoms with Crippen LogP contribution in [-0.2, 0) is 0 Å². The molecule has 0 spiro atoms. The third-order valence-corrected chi connectivity index (χ3v) is 4.92. The van der Waals surface area contributed by atoms with Crippen LogP contribution < -0.4 is 5.73 Å². The molecular formula is C13H2F27N. The standard InChI is InChI=1S/C13H2F27N/c14-2(15,5(20,21)8(26,27)11(32,33)34)1(41,3(16,17)6(22,23)9(28,29)12(35,36)37)4(18,19)7(24,25)10(30,31)13(38,39)40/h41H2. The maximum Gasteiger partial charge on any atom is 0.460 e. The zero-order chi connectivity index (χ0) is 34.5. The lowest BCUT2D eigenvalue weighted by molar-refractivity contribution is -0.478. The van der Waals surface area contributed by atoms with Gasteiger partial charge in [-0.15, -0.1) is 0 Å². The highest BCUT2D eigenvalue weighted by molar-refractivity contribution is 5.29. The van der Waals surface area contributed by atoms with Crippen LogP contribution in [0.15, 0.2) is 0 Å². The molecule has 0 saturated carbocycles. The molecule has 0 fully saturated rings. The highest BCUT2D eigenvalue weighted by Crippen LogP contribution is 2.69. The smallest absolute Gasteiger partial charge is 0.309 e. The highest BCUT2D eigenvalue weighted by atomic mass is 19.4. The summed E-state index contributed by atoms with van der Waals surface area (Å²) in [6.07, 6.45) is -25.5. The lowest BCUT2D eigenvalue weighted by atomic mass is 9.69. The van der Waals surface area contributed by atoms with Crippen molar-refractivity contribution in [1.29, 1.82) is 0 Å². The summed E-state index contributed by atoms with van der Waals surface area (Å²) in [5.74, 6) is -85.7. The molecule has 0 aliphatic carbocycles. The first kappa shape index (κ1) is 39.1. The fourth-order valence-electron chi connectivity index (χ4n) is 2.46. The Balaban J connectivity index is 8.54. The number of rotatable bonds is 9. The van der Waals surface area contributed by atoms with E-state index >= 15 is 0 Å². The minimum atomic E-state index is -9.93. The van der Waals surface area contributed by atoms with E-state index in [1.54, 1.807) is 0 Å². The normalized spacial score (nSPS) is 17.3. The molecular weight excluding hydrogens is 683 g/mol. The molecule has 0 aromatic heterocycles. The van der Waals surface area contributed by atoms with E-state index in [0.29, 0.717) is 0 Å². The molecule has 0 aromatic rings. The summed E-state index contributed by atoms with van der Waals surface area (Å²) < 4.78 is 354. The van der Waals surface area contributed by atoms with E-state index in [1.807, 2.05) is 0 Å². The van der Waals surface area contributed by atoms with Gasteiger partial charge in [-0.1, -0.05) is 0 Å². The third-order valence-electron chi connectivity index (χ3n) is 4.92. The van der Waals surface area contributed by atoms with E-state index in [1.165, 1.54) is 0 Å². The van der Waals surface area contributed by atoms with Gasteiger partial charge in [0.1, 0.15) is 0 Å². The van der Waals surface area contributed by atoms with Gasteiger partial charge in [0.15, 0.2) is 0 Å². The Morgan fingerprint density at radius 2 is 0.317 bits per heavy atom. The van der Waals surface area contributed by atoms with Crippen LogP contribution in [0.1, 0.15) is 0 Å². The molecule has 0 aliphatic heterocycles. The fraction of sp³-hybridized carbons (Fsp3) is 1.00. The molecule has 0 rings (SSSR count). The Kier molecular flexibility index (Phi) is 8.62. The van der Waals surface area contributed by atoms with E-state index in [4.69, 9.17) is 0 Å². The molecule has 0 heterocycles. The lowest BCUT2D eigenvalue weighted by Gasteiger charge is -2.53. The van der Waals surface area contributed by atoms with Crippen LogP contribution >= 0.6 is 0 Å². The number of nitrogens with two attached hydrogens (primary N) is 1. The maximum absolute atomic E-state index is 14.2. The Labute approximate surface area is 203 Å². The Morgan fingerprint density at radius 3 is 0.415 bits per heavy atom. The summed E-state index contributed by atoms with van der Waals surface area (Å²) in [5.41, 5.74) is -6.96. The van der Waals surface area contributed by atoms with Crippen molar-refractivity contribution in [3.8, 4) is 0 Å². The number of alkyl halides is 27. The SMILES string of the molecule is NC(C(F)(F)C(F)(F)C(F)(F)C(F)(F)F)(C(F)(F)C(F)(F)C(F)(F)C(F)(F)F)C(F)(F)C(F)(F)C(F)(F)C(F)(F)F. The molecule has 0 aliphatic rings. The van der Waals surface area contributed by atoms with E-state index in [-0.39, 0.29) is 0 Å². The van der Waals surface area contributed by atoms with Gasteiger partial charge < -0.3 is 5.73 Å². The average molecular weight is 685 g/mol. The first-order valence-electron chi connectivity index (χ1n) is 8.39. The molecule has 28 heteroatoms. The van der Waals surface area contributed by atoms with Crippen molar-refractivity contribution < 1.29 is 119 Å². The molecule has 1 nitrogen and oxygen atoms in total. The van der Waals surface area contributed by atoms with Crippen LogP contribution in [0.3, 0.4) is 0 Å². The molecule has 0 atom stereocenters. The Bertz CT molecular complexity index is 836. The van der Waals surface area contributed by atoms with Crippen LogP contribution in [-0.4, -0.2) is 77.4 Å². The molecule has 41 heavy (non-hydrogen) atoms. The van der Waals surface area contributed by atoms with Crippen LogP contribution in [0, 0.1) is 0 Å². The zero-order valence-corrected chi connectivity index (χ0v) is 17.3. The second kappa shape index (κ2) is 9.04. The first-order chi connectivity index (χ1) is 17.0. The van der Waals surface area contributed by atoms with Gasteiger partial charge in [0.2, 0.25) is 5.54 Å². The topological polar surface area (TPSA) is 26.0 Å². The molecule has 0 radical (unpaired) electrons. The van der Waals surface area contributed by atoms with Gasteiger partial charge in [0, 0.05) is 0 Å².